The van der Waals surface area contributed by atoms with Crippen LogP contribution < -0.4 is 11.1 Å². The van der Waals surface area contributed by atoms with Crippen LogP contribution in [0.5, 0.6) is 0 Å². The minimum Gasteiger partial charge on any atom is -0.480 e. The molecule has 1 rings (SSSR count). The quantitative estimate of drug-likeness (QED) is 0.724. The lowest BCUT2D eigenvalue weighted by Gasteiger charge is -2.34. The minimum absolute atomic E-state index is 0.215. The van der Waals surface area contributed by atoms with Crippen LogP contribution in [-0.2, 0) is 9.59 Å². The van der Waals surface area contributed by atoms with Gasteiger partial charge in [-0.05, 0) is 18.3 Å². The molecular formula is C14H26N2O3. The van der Waals surface area contributed by atoms with E-state index in [2.05, 4.69) is 5.32 Å². The van der Waals surface area contributed by atoms with Gasteiger partial charge in [0, 0.05) is 12.0 Å². The minimum atomic E-state index is -1.00. The van der Waals surface area contributed by atoms with Gasteiger partial charge in [-0.15, -0.1) is 0 Å². The van der Waals surface area contributed by atoms with Crippen molar-refractivity contribution in [1.29, 1.82) is 0 Å². The fraction of sp³-hybridized carbons (Fsp3) is 0.857. The zero-order valence-corrected chi connectivity index (χ0v) is 12.2. The number of hydrogen-bond acceptors (Lipinski definition) is 3. The van der Waals surface area contributed by atoms with E-state index in [1.807, 2.05) is 0 Å². The standard InChI is InChI=1S/C14H26N2O3/c1-13(2,3)11(12(18)19)16-10(17)9-14(15)7-5-4-6-8-14/h11H,4-9,15H2,1-3H3,(H,16,17)(H,18,19)/t11-/m0/s1. The Hall–Kier alpha value is -1.10. The van der Waals surface area contributed by atoms with Crippen molar-refractivity contribution in [2.24, 2.45) is 11.1 Å². The Kier molecular flexibility index (Phi) is 4.96. The summed E-state index contributed by atoms with van der Waals surface area (Å²) in [6.45, 7) is 5.39. The average Bonchev–Trinajstić information content (AvgIpc) is 2.24. The van der Waals surface area contributed by atoms with Crippen LogP contribution in [0, 0.1) is 5.41 Å². The highest BCUT2D eigenvalue weighted by Crippen LogP contribution is 2.29. The summed E-state index contributed by atoms with van der Waals surface area (Å²) >= 11 is 0. The number of carbonyl (C=O) groups excluding carboxylic acids is 1. The first-order valence-corrected chi connectivity index (χ1v) is 6.95. The van der Waals surface area contributed by atoms with Gasteiger partial charge in [-0.3, -0.25) is 4.79 Å². The van der Waals surface area contributed by atoms with Crippen LogP contribution in [0.3, 0.4) is 0 Å². The Morgan fingerprint density at radius 1 is 1.26 bits per heavy atom. The topological polar surface area (TPSA) is 92.4 Å². The van der Waals surface area contributed by atoms with Crippen LogP contribution in [0.15, 0.2) is 0 Å². The van der Waals surface area contributed by atoms with Crippen molar-refractivity contribution in [1.82, 2.24) is 5.32 Å². The van der Waals surface area contributed by atoms with E-state index in [4.69, 9.17) is 5.73 Å². The van der Waals surface area contributed by atoms with Gasteiger partial charge < -0.3 is 16.2 Å². The van der Waals surface area contributed by atoms with Gasteiger partial charge in [0.05, 0.1) is 0 Å². The van der Waals surface area contributed by atoms with E-state index in [1.54, 1.807) is 20.8 Å². The van der Waals surface area contributed by atoms with Crippen LogP contribution >= 0.6 is 0 Å². The summed E-state index contributed by atoms with van der Waals surface area (Å²) in [4.78, 5) is 23.2. The summed E-state index contributed by atoms with van der Waals surface area (Å²) in [5.74, 6) is -1.26. The van der Waals surface area contributed by atoms with Crippen molar-refractivity contribution in [3.63, 3.8) is 0 Å². The van der Waals surface area contributed by atoms with Gasteiger partial charge in [0.1, 0.15) is 6.04 Å². The molecule has 0 spiro atoms. The Labute approximate surface area is 114 Å². The summed E-state index contributed by atoms with van der Waals surface area (Å²) in [5.41, 5.74) is 5.24. The van der Waals surface area contributed by atoms with Crippen molar-refractivity contribution in [2.45, 2.75) is 70.9 Å². The lowest BCUT2D eigenvalue weighted by molar-refractivity contribution is -0.145. The van der Waals surface area contributed by atoms with Gasteiger partial charge in [0.25, 0.3) is 0 Å². The molecule has 1 amide bonds. The molecule has 5 heteroatoms. The zero-order chi connectivity index (χ0) is 14.7. The molecule has 0 aromatic heterocycles. The molecule has 0 aromatic carbocycles. The molecule has 19 heavy (non-hydrogen) atoms. The van der Waals surface area contributed by atoms with Crippen molar-refractivity contribution < 1.29 is 14.7 Å². The summed E-state index contributed by atoms with van der Waals surface area (Å²) < 4.78 is 0. The Bertz CT molecular complexity index is 341. The number of carboxylic acid groups (broad SMARTS) is 1. The Morgan fingerprint density at radius 2 is 1.79 bits per heavy atom. The molecule has 0 saturated heterocycles. The summed E-state index contributed by atoms with van der Waals surface area (Å²) in [6, 6.07) is -0.882. The Balaban J connectivity index is 2.60. The highest BCUT2D eigenvalue weighted by molar-refractivity contribution is 5.84. The van der Waals surface area contributed by atoms with Crippen LogP contribution in [0.2, 0.25) is 0 Å². The van der Waals surface area contributed by atoms with Gasteiger partial charge in [-0.1, -0.05) is 40.0 Å². The smallest absolute Gasteiger partial charge is 0.326 e. The van der Waals surface area contributed by atoms with Crippen molar-refractivity contribution in [2.75, 3.05) is 0 Å². The second-order valence-electron chi connectivity index (χ2n) is 6.80. The first-order valence-electron chi connectivity index (χ1n) is 6.95. The molecule has 1 atom stereocenters. The van der Waals surface area contributed by atoms with Gasteiger partial charge in [-0.2, -0.15) is 0 Å². The van der Waals surface area contributed by atoms with Crippen LogP contribution in [0.4, 0.5) is 0 Å². The second-order valence-corrected chi connectivity index (χ2v) is 6.80. The monoisotopic (exact) mass is 270 g/mol. The highest BCUT2D eigenvalue weighted by atomic mass is 16.4. The number of nitrogens with one attached hydrogen (secondary N) is 1. The maximum absolute atomic E-state index is 12.0. The van der Waals surface area contributed by atoms with Gasteiger partial charge in [0.15, 0.2) is 0 Å². The molecule has 0 unspecified atom stereocenters. The number of nitrogens with two attached hydrogens (primary N) is 1. The van der Waals surface area contributed by atoms with E-state index < -0.39 is 23.0 Å². The summed E-state index contributed by atoms with van der Waals surface area (Å²) in [6.07, 6.45) is 5.16. The molecule has 0 bridgehead atoms. The lowest BCUT2D eigenvalue weighted by atomic mass is 9.79. The van der Waals surface area contributed by atoms with E-state index in [9.17, 15) is 14.7 Å². The number of carbonyl (C=O) groups is 2. The molecule has 5 nitrogen and oxygen atoms in total. The number of hydrogen-bond donors (Lipinski definition) is 3. The molecule has 1 saturated carbocycles. The molecule has 0 radical (unpaired) electrons. The predicted octanol–water partition coefficient (Wildman–Crippen LogP) is 1.65. The van der Waals surface area contributed by atoms with Gasteiger partial charge in [0.2, 0.25) is 5.91 Å². The van der Waals surface area contributed by atoms with Crippen LogP contribution in [0.25, 0.3) is 0 Å². The maximum Gasteiger partial charge on any atom is 0.326 e. The van der Waals surface area contributed by atoms with Crippen molar-refractivity contribution in [3.05, 3.63) is 0 Å². The fourth-order valence-electron chi connectivity index (χ4n) is 2.61. The molecule has 1 fully saturated rings. The van der Waals surface area contributed by atoms with Crippen molar-refractivity contribution in [3.8, 4) is 0 Å². The third kappa shape index (κ3) is 4.82. The highest BCUT2D eigenvalue weighted by Gasteiger charge is 2.35. The first-order chi connectivity index (χ1) is 8.64. The van der Waals surface area contributed by atoms with E-state index in [0.29, 0.717) is 0 Å². The number of amides is 1. The summed E-state index contributed by atoms with van der Waals surface area (Å²) in [5, 5.41) is 11.8. The molecule has 1 aliphatic rings. The maximum atomic E-state index is 12.0. The third-order valence-corrected chi connectivity index (χ3v) is 3.78. The number of aliphatic carboxylic acids is 1. The van der Waals surface area contributed by atoms with Crippen LogP contribution in [0.1, 0.15) is 59.3 Å². The number of carboxylic acids is 1. The molecule has 0 aliphatic heterocycles. The molecular weight excluding hydrogens is 244 g/mol. The van der Waals surface area contributed by atoms with E-state index in [1.165, 1.54) is 6.42 Å². The zero-order valence-electron chi connectivity index (χ0n) is 12.2. The molecule has 4 N–H and O–H groups in total. The summed E-state index contributed by atoms with van der Waals surface area (Å²) in [7, 11) is 0. The number of rotatable bonds is 4. The normalized spacial score (nSPS) is 20.6. The van der Waals surface area contributed by atoms with Crippen molar-refractivity contribution >= 4 is 11.9 Å². The van der Waals surface area contributed by atoms with E-state index in [0.717, 1.165) is 25.7 Å². The molecule has 1 aliphatic carbocycles. The SMILES string of the molecule is CC(C)(C)[C@@H](NC(=O)CC1(N)CCCCC1)C(=O)O. The molecule has 0 heterocycles. The van der Waals surface area contributed by atoms with Gasteiger partial charge >= 0.3 is 5.97 Å². The average molecular weight is 270 g/mol. The van der Waals surface area contributed by atoms with Crippen LogP contribution in [-0.4, -0.2) is 28.6 Å². The van der Waals surface area contributed by atoms with Gasteiger partial charge in [-0.25, -0.2) is 4.79 Å². The van der Waals surface area contributed by atoms with E-state index in [-0.39, 0.29) is 12.3 Å². The van der Waals surface area contributed by atoms with E-state index >= 15 is 0 Å². The molecule has 0 aromatic rings. The second kappa shape index (κ2) is 5.90. The Morgan fingerprint density at radius 3 is 2.21 bits per heavy atom. The first kappa shape index (κ1) is 16.0. The largest absolute Gasteiger partial charge is 0.480 e. The predicted molar refractivity (Wildman–Crippen MR) is 73.6 cm³/mol. The fourth-order valence-corrected chi connectivity index (χ4v) is 2.61. The molecule has 110 valence electrons. The third-order valence-electron chi connectivity index (χ3n) is 3.78. The lowest BCUT2D eigenvalue weighted by Crippen LogP contribution is -2.52.